The fraction of sp³-hybridized carbons (Fsp3) is 0.846. The van der Waals surface area contributed by atoms with Gasteiger partial charge in [-0.15, -0.1) is 0 Å². The molecule has 110 valence electrons. The van der Waals surface area contributed by atoms with Crippen LogP contribution in [0.5, 0.6) is 0 Å². The van der Waals surface area contributed by atoms with E-state index >= 15 is 0 Å². The number of carbonyl (C=O) groups is 2. The van der Waals surface area contributed by atoms with Crippen LogP contribution in [0, 0.1) is 5.41 Å². The fourth-order valence-electron chi connectivity index (χ4n) is 1.71. The maximum absolute atomic E-state index is 11.6. The number of nitrogens with zero attached hydrogens (tertiary/aromatic N) is 2. The molecular formula is C13H26N4O2. The zero-order valence-electron chi connectivity index (χ0n) is 12.5. The molecule has 2 N–H and O–H groups in total. The number of carbonyl (C=O) groups excluding carboxylic acids is 2. The molecule has 1 aliphatic rings. The molecule has 0 atom stereocenters. The number of piperazine rings is 1. The second-order valence-electron chi connectivity index (χ2n) is 6.15. The molecule has 2 amide bonds. The van der Waals surface area contributed by atoms with Crippen molar-refractivity contribution in [2.75, 3.05) is 39.8 Å². The Kier molecular flexibility index (Phi) is 5.75. The molecule has 1 saturated heterocycles. The highest BCUT2D eigenvalue weighted by molar-refractivity contribution is 5.84. The van der Waals surface area contributed by atoms with Gasteiger partial charge in [-0.25, -0.2) is 0 Å². The van der Waals surface area contributed by atoms with Gasteiger partial charge in [-0.1, -0.05) is 20.8 Å². The van der Waals surface area contributed by atoms with Gasteiger partial charge in [0.15, 0.2) is 0 Å². The van der Waals surface area contributed by atoms with Gasteiger partial charge in [-0.2, -0.15) is 0 Å². The Morgan fingerprint density at radius 1 is 1.05 bits per heavy atom. The third kappa shape index (κ3) is 6.02. The monoisotopic (exact) mass is 270 g/mol. The van der Waals surface area contributed by atoms with Crippen LogP contribution in [0.15, 0.2) is 0 Å². The van der Waals surface area contributed by atoms with E-state index in [1.165, 1.54) is 0 Å². The number of likely N-dealkylation sites (N-methyl/N-ethyl adjacent to an activating group) is 1. The van der Waals surface area contributed by atoms with Crippen LogP contribution in [0.2, 0.25) is 0 Å². The Bertz CT molecular complexity index is 317. The van der Waals surface area contributed by atoms with E-state index < -0.39 is 5.41 Å². The average molecular weight is 270 g/mol. The van der Waals surface area contributed by atoms with Crippen molar-refractivity contribution in [1.82, 2.24) is 20.7 Å². The van der Waals surface area contributed by atoms with Crippen LogP contribution < -0.4 is 10.9 Å². The van der Waals surface area contributed by atoms with Crippen molar-refractivity contribution in [2.45, 2.75) is 27.2 Å². The first-order chi connectivity index (χ1) is 8.79. The maximum atomic E-state index is 11.6. The molecule has 0 spiro atoms. The van der Waals surface area contributed by atoms with Gasteiger partial charge in [0.25, 0.3) is 0 Å². The molecule has 0 bridgehead atoms. The van der Waals surface area contributed by atoms with Crippen molar-refractivity contribution >= 4 is 11.8 Å². The van der Waals surface area contributed by atoms with Crippen LogP contribution in [-0.4, -0.2) is 61.4 Å². The molecule has 1 heterocycles. The van der Waals surface area contributed by atoms with E-state index in [0.717, 1.165) is 32.7 Å². The van der Waals surface area contributed by atoms with Crippen LogP contribution in [-0.2, 0) is 9.59 Å². The highest BCUT2D eigenvalue weighted by Crippen LogP contribution is 2.11. The van der Waals surface area contributed by atoms with Gasteiger partial charge in [-0.05, 0) is 7.05 Å². The number of amides is 2. The normalized spacial score (nSPS) is 18.1. The number of nitrogens with one attached hydrogen (secondary N) is 2. The minimum atomic E-state index is -0.495. The third-order valence-electron chi connectivity index (χ3n) is 3.25. The predicted molar refractivity (Wildman–Crippen MR) is 74.3 cm³/mol. The Hall–Kier alpha value is -1.14. The third-order valence-corrected chi connectivity index (χ3v) is 3.25. The topological polar surface area (TPSA) is 64.7 Å². The Labute approximate surface area is 115 Å². The van der Waals surface area contributed by atoms with Crippen molar-refractivity contribution < 1.29 is 9.59 Å². The van der Waals surface area contributed by atoms with E-state index in [1.54, 1.807) is 20.8 Å². The Balaban J connectivity index is 2.16. The first-order valence-corrected chi connectivity index (χ1v) is 6.79. The summed E-state index contributed by atoms with van der Waals surface area (Å²) in [6, 6.07) is 0. The van der Waals surface area contributed by atoms with E-state index in [9.17, 15) is 9.59 Å². The molecule has 0 aromatic carbocycles. The molecule has 6 heteroatoms. The molecule has 0 unspecified atom stereocenters. The first-order valence-electron chi connectivity index (χ1n) is 6.79. The second kappa shape index (κ2) is 6.86. The lowest BCUT2D eigenvalue weighted by Gasteiger charge is -2.32. The van der Waals surface area contributed by atoms with E-state index in [4.69, 9.17) is 0 Å². The summed E-state index contributed by atoms with van der Waals surface area (Å²) in [5.74, 6) is -0.322. The molecule has 0 radical (unpaired) electrons. The number of rotatable bonds is 3. The highest BCUT2D eigenvalue weighted by Gasteiger charge is 2.21. The largest absolute Gasteiger partial charge is 0.304 e. The van der Waals surface area contributed by atoms with E-state index in [1.807, 2.05) is 0 Å². The lowest BCUT2D eigenvalue weighted by atomic mass is 9.96. The van der Waals surface area contributed by atoms with Crippen LogP contribution in [0.25, 0.3) is 0 Å². The number of hydrogen-bond donors (Lipinski definition) is 2. The summed E-state index contributed by atoms with van der Waals surface area (Å²) in [6.45, 7) is 10.2. The van der Waals surface area contributed by atoms with Gasteiger partial charge >= 0.3 is 0 Å². The molecular weight excluding hydrogens is 244 g/mol. The number of hydrogen-bond acceptors (Lipinski definition) is 4. The molecule has 0 aliphatic carbocycles. The molecule has 0 aromatic heterocycles. The summed E-state index contributed by atoms with van der Waals surface area (Å²) >= 11 is 0. The molecule has 1 rings (SSSR count). The van der Waals surface area contributed by atoms with Gasteiger partial charge < -0.3 is 9.80 Å². The van der Waals surface area contributed by atoms with Crippen molar-refractivity contribution in [3.63, 3.8) is 0 Å². The minimum Gasteiger partial charge on any atom is -0.304 e. The SMILES string of the molecule is CN1CCN(CCC(=O)NNC(=O)C(C)(C)C)CC1. The highest BCUT2D eigenvalue weighted by atomic mass is 16.2. The zero-order valence-corrected chi connectivity index (χ0v) is 12.5. The summed E-state index contributed by atoms with van der Waals surface area (Å²) in [6.07, 6.45) is 0.411. The Morgan fingerprint density at radius 3 is 2.16 bits per heavy atom. The first kappa shape index (κ1) is 15.9. The quantitative estimate of drug-likeness (QED) is 0.698. The molecule has 19 heavy (non-hydrogen) atoms. The molecule has 1 aliphatic heterocycles. The van der Waals surface area contributed by atoms with Crippen molar-refractivity contribution in [3.05, 3.63) is 0 Å². The minimum absolute atomic E-state index is 0.142. The molecule has 0 aromatic rings. The lowest BCUT2D eigenvalue weighted by Crippen LogP contribution is -2.48. The van der Waals surface area contributed by atoms with Crippen molar-refractivity contribution in [3.8, 4) is 0 Å². The summed E-state index contributed by atoms with van der Waals surface area (Å²) < 4.78 is 0. The van der Waals surface area contributed by atoms with Crippen LogP contribution in [0.3, 0.4) is 0 Å². The molecule has 0 saturated carbocycles. The number of hydrazine groups is 1. The predicted octanol–water partition coefficient (Wildman–Crippen LogP) is -0.183. The maximum Gasteiger partial charge on any atom is 0.243 e. The van der Waals surface area contributed by atoms with Gasteiger partial charge in [-0.3, -0.25) is 20.4 Å². The average Bonchev–Trinajstić information content (AvgIpc) is 2.34. The smallest absolute Gasteiger partial charge is 0.243 e. The Morgan fingerprint density at radius 2 is 1.63 bits per heavy atom. The summed E-state index contributed by atoms with van der Waals surface area (Å²) in [4.78, 5) is 27.7. The zero-order chi connectivity index (χ0) is 14.5. The molecule has 1 fully saturated rings. The summed E-state index contributed by atoms with van der Waals surface area (Å²) in [7, 11) is 2.10. The standard InChI is InChI=1S/C13H26N4O2/c1-13(2,3)12(19)15-14-11(18)5-6-17-9-7-16(4)8-10-17/h5-10H2,1-4H3,(H,14,18)(H,15,19). The van der Waals surface area contributed by atoms with E-state index in [0.29, 0.717) is 6.42 Å². The van der Waals surface area contributed by atoms with Gasteiger partial charge in [0, 0.05) is 44.6 Å². The van der Waals surface area contributed by atoms with E-state index in [2.05, 4.69) is 27.7 Å². The van der Waals surface area contributed by atoms with Crippen molar-refractivity contribution in [2.24, 2.45) is 5.41 Å². The van der Waals surface area contributed by atoms with Crippen LogP contribution in [0.4, 0.5) is 0 Å². The lowest BCUT2D eigenvalue weighted by molar-refractivity contribution is -0.133. The van der Waals surface area contributed by atoms with Crippen LogP contribution in [0.1, 0.15) is 27.2 Å². The van der Waals surface area contributed by atoms with Crippen molar-refractivity contribution in [1.29, 1.82) is 0 Å². The van der Waals surface area contributed by atoms with Gasteiger partial charge in [0.05, 0.1) is 0 Å². The van der Waals surface area contributed by atoms with Gasteiger partial charge in [0.1, 0.15) is 0 Å². The summed E-state index contributed by atoms with van der Waals surface area (Å²) in [5.41, 5.74) is 4.42. The van der Waals surface area contributed by atoms with E-state index in [-0.39, 0.29) is 11.8 Å². The fourth-order valence-corrected chi connectivity index (χ4v) is 1.71. The second-order valence-corrected chi connectivity index (χ2v) is 6.15. The van der Waals surface area contributed by atoms with Gasteiger partial charge in [0.2, 0.25) is 11.8 Å². The van der Waals surface area contributed by atoms with Crippen LogP contribution >= 0.6 is 0 Å². The summed E-state index contributed by atoms with van der Waals surface area (Å²) in [5, 5.41) is 0. The molecule has 6 nitrogen and oxygen atoms in total.